The van der Waals surface area contributed by atoms with Crippen LogP contribution in [0.1, 0.15) is 29.8 Å². The molecule has 2 N–H and O–H groups in total. The van der Waals surface area contributed by atoms with E-state index in [1.165, 1.54) is 0 Å². The summed E-state index contributed by atoms with van der Waals surface area (Å²) in [4.78, 5) is 38.7. The number of carbonyl (C=O) groups is 1. The maximum atomic E-state index is 12.7. The van der Waals surface area contributed by atoms with Gasteiger partial charge in [-0.15, -0.1) is 0 Å². The van der Waals surface area contributed by atoms with Gasteiger partial charge in [-0.3, -0.25) is 19.3 Å². The van der Waals surface area contributed by atoms with E-state index in [1.807, 2.05) is 44.3 Å². The molecule has 5 rings (SSSR count). The first-order valence-corrected chi connectivity index (χ1v) is 9.63. The molecular weight excluding hydrogens is 380 g/mol. The largest absolute Gasteiger partial charge is 0.344 e. The number of fused-ring (bicyclic) bond motifs is 2. The van der Waals surface area contributed by atoms with Crippen molar-refractivity contribution in [3.05, 3.63) is 82.7 Å². The van der Waals surface area contributed by atoms with Gasteiger partial charge in [-0.25, -0.2) is 9.78 Å². The first kappa shape index (κ1) is 18.1. The summed E-state index contributed by atoms with van der Waals surface area (Å²) in [5, 5.41) is 3.06. The number of H-pyrrole nitrogens is 1. The number of carbonyl (C=O) groups excluding carboxylic acids is 1. The summed E-state index contributed by atoms with van der Waals surface area (Å²) in [5.41, 5.74) is 3.31. The number of aromatic nitrogens is 4. The van der Waals surface area contributed by atoms with E-state index in [0.717, 1.165) is 11.3 Å². The average Bonchev–Trinajstić information content (AvgIpc) is 3.07. The second-order valence-electron chi connectivity index (χ2n) is 7.80. The molecular formula is C22H20N6O2. The van der Waals surface area contributed by atoms with Crippen molar-refractivity contribution in [3.8, 4) is 5.69 Å². The summed E-state index contributed by atoms with van der Waals surface area (Å²) in [7, 11) is 0. The van der Waals surface area contributed by atoms with E-state index < -0.39 is 5.66 Å². The van der Waals surface area contributed by atoms with Gasteiger partial charge in [0.15, 0.2) is 5.65 Å². The smallest absolute Gasteiger partial charge is 0.332 e. The number of benzene rings is 1. The Labute approximate surface area is 172 Å². The van der Waals surface area contributed by atoms with E-state index in [4.69, 9.17) is 0 Å². The van der Waals surface area contributed by atoms with Gasteiger partial charge in [0.1, 0.15) is 5.66 Å². The van der Waals surface area contributed by atoms with Crippen LogP contribution in [-0.2, 0) is 6.54 Å². The molecule has 0 bridgehead atoms. The van der Waals surface area contributed by atoms with E-state index in [2.05, 4.69) is 25.2 Å². The Bertz CT molecular complexity index is 1320. The van der Waals surface area contributed by atoms with Gasteiger partial charge in [0, 0.05) is 25.1 Å². The number of hydrogen-bond acceptors (Lipinski definition) is 5. The molecule has 0 unspecified atom stereocenters. The molecule has 4 aromatic rings. The van der Waals surface area contributed by atoms with Gasteiger partial charge in [-0.05, 0) is 55.8 Å². The van der Waals surface area contributed by atoms with Crippen molar-refractivity contribution in [2.45, 2.75) is 26.1 Å². The fraction of sp³-hybridized carbons (Fsp3) is 0.182. The van der Waals surface area contributed by atoms with Crippen LogP contribution in [0.5, 0.6) is 0 Å². The number of hydrogen-bond donors (Lipinski definition) is 2. The summed E-state index contributed by atoms with van der Waals surface area (Å²) in [6, 6.07) is 12.9. The Morgan fingerprint density at radius 2 is 1.90 bits per heavy atom. The summed E-state index contributed by atoms with van der Waals surface area (Å²) in [6.45, 7) is 4.47. The lowest BCUT2D eigenvalue weighted by Gasteiger charge is -2.45. The third-order valence-electron chi connectivity index (χ3n) is 5.39. The minimum Gasteiger partial charge on any atom is -0.344 e. The number of aromatic amines is 1. The number of nitrogens with one attached hydrogen (secondary N) is 2. The maximum absolute atomic E-state index is 12.7. The Hall–Kier alpha value is -3.94. The highest BCUT2D eigenvalue weighted by atomic mass is 16.2. The maximum Gasteiger partial charge on any atom is 0.332 e. The Kier molecular flexibility index (Phi) is 3.95. The highest BCUT2D eigenvalue weighted by Crippen LogP contribution is 2.34. The van der Waals surface area contributed by atoms with Crippen LogP contribution in [-0.4, -0.2) is 31.1 Å². The Balaban J connectivity index is 1.68. The van der Waals surface area contributed by atoms with Crippen molar-refractivity contribution in [2.24, 2.45) is 0 Å². The van der Waals surface area contributed by atoms with Crippen LogP contribution in [0.15, 0.2) is 65.8 Å². The molecule has 8 heteroatoms. The zero-order chi connectivity index (χ0) is 20.9. The summed E-state index contributed by atoms with van der Waals surface area (Å²) < 4.78 is 1.57. The lowest BCUT2D eigenvalue weighted by molar-refractivity contribution is 0.0897. The number of amides is 1. The lowest BCUT2D eigenvalue weighted by atomic mass is 10.00. The zero-order valence-corrected chi connectivity index (χ0v) is 16.6. The Morgan fingerprint density at radius 1 is 1.07 bits per heavy atom. The number of anilines is 1. The standard InChI is InChI=1S/C22H20N6O2/c1-22(2)26-20(29)16-8-7-15(28-17-6-4-10-24-19(17)25-21(28)30)11-18(16)27(22)13-14-5-3-9-23-12-14/h3-12H,13H2,1-2H3,(H,26,29)(H,24,25,30). The van der Waals surface area contributed by atoms with Gasteiger partial charge < -0.3 is 10.2 Å². The van der Waals surface area contributed by atoms with Crippen LogP contribution in [0.25, 0.3) is 16.9 Å². The van der Waals surface area contributed by atoms with Gasteiger partial charge in [0.2, 0.25) is 0 Å². The van der Waals surface area contributed by atoms with Crippen molar-refractivity contribution in [1.29, 1.82) is 0 Å². The van der Waals surface area contributed by atoms with Gasteiger partial charge in [0.25, 0.3) is 5.91 Å². The normalized spacial score (nSPS) is 15.1. The summed E-state index contributed by atoms with van der Waals surface area (Å²) in [6.07, 6.45) is 5.18. The number of rotatable bonds is 3. The van der Waals surface area contributed by atoms with Crippen molar-refractivity contribution in [1.82, 2.24) is 24.8 Å². The molecule has 1 aromatic carbocycles. The van der Waals surface area contributed by atoms with Crippen LogP contribution >= 0.6 is 0 Å². The minimum atomic E-state index is -0.620. The van der Waals surface area contributed by atoms with Crippen molar-refractivity contribution >= 4 is 22.8 Å². The Morgan fingerprint density at radius 3 is 2.70 bits per heavy atom. The fourth-order valence-corrected chi connectivity index (χ4v) is 3.94. The van der Waals surface area contributed by atoms with Gasteiger partial charge in [-0.2, -0.15) is 0 Å². The minimum absolute atomic E-state index is 0.142. The molecule has 1 aliphatic heterocycles. The lowest BCUT2D eigenvalue weighted by Crippen LogP contribution is -2.60. The third-order valence-corrected chi connectivity index (χ3v) is 5.39. The molecule has 0 spiro atoms. The molecule has 0 atom stereocenters. The zero-order valence-electron chi connectivity index (χ0n) is 16.6. The first-order valence-electron chi connectivity index (χ1n) is 9.63. The molecule has 0 saturated heterocycles. The van der Waals surface area contributed by atoms with Crippen LogP contribution in [0.3, 0.4) is 0 Å². The van der Waals surface area contributed by atoms with E-state index in [9.17, 15) is 9.59 Å². The van der Waals surface area contributed by atoms with Crippen molar-refractivity contribution in [2.75, 3.05) is 4.90 Å². The number of nitrogens with zero attached hydrogens (tertiary/aromatic N) is 4. The van der Waals surface area contributed by atoms with Crippen molar-refractivity contribution in [3.63, 3.8) is 0 Å². The molecule has 30 heavy (non-hydrogen) atoms. The molecule has 4 heterocycles. The molecule has 8 nitrogen and oxygen atoms in total. The van der Waals surface area contributed by atoms with Crippen LogP contribution in [0.2, 0.25) is 0 Å². The number of pyridine rings is 2. The van der Waals surface area contributed by atoms with E-state index in [1.54, 1.807) is 35.2 Å². The highest BCUT2D eigenvalue weighted by molar-refractivity contribution is 6.03. The summed E-state index contributed by atoms with van der Waals surface area (Å²) in [5.74, 6) is -0.142. The second kappa shape index (κ2) is 6.55. The summed E-state index contributed by atoms with van der Waals surface area (Å²) >= 11 is 0. The van der Waals surface area contributed by atoms with Crippen LogP contribution in [0.4, 0.5) is 5.69 Å². The molecule has 0 aliphatic carbocycles. The first-order chi connectivity index (χ1) is 14.4. The number of imidazole rings is 1. The predicted molar refractivity (Wildman–Crippen MR) is 114 cm³/mol. The van der Waals surface area contributed by atoms with Gasteiger partial charge in [0.05, 0.1) is 22.5 Å². The molecule has 0 radical (unpaired) electrons. The van der Waals surface area contributed by atoms with Gasteiger partial charge >= 0.3 is 5.69 Å². The molecule has 0 fully saturated rings. The molecule has 1 aliphatic rings. The van der Waals surface area contributed by atoms with Gasteiger partial charge in [-0.1, -0.05) is 6.07 Å². The third kappa shape index (κ3) is 2.85. The molecule has 1 amide bonds. The van der Waals surface area contributed by atoms with E-state index in [-0.39, 0.29) is 11.6 Å². The fourth-order valence-electron chi connectivity index (χ4n) is 3.94. The molecule has 150 valence electrons. The molecule has 0 saturated carbocycles. The quantitative estimate of drug-likeness (QED) is 0.551. The SMILES string of the molecule is CC1(C)NC(=O)c2ccc(-n3c(=O)[nH]c4ncccc43)cc2N1Cc1cccnc1. The van der Waals surface area contributed by atoms with E-state index in [0.29, 0.717) is 29.0 Å². The molecule has 3 aromatic heterocycles. The van der Waals surface area contributed by atoms with Crippen LogP contribution < -0.4 is 15.9 Å². The average molecular weight is 400 g/mol. The van der Waals surface area contributed by atoms with E-state index >= 15 is 0 Å². The second-order valence-corrected chi connectivity index (χ2v) is 7.80. The topological polar surface area (TPSA) is 95.9 Å². The predicted octanol–water partition coefficient (Wildman–Crippen LogP) is 2.59. The highest BCUT2D eigenvalue weighted by Gasteiger charge is 2.37. The monoisotopic (exact) mass is 400 g/mol. The van der Waals surface area contributed by atoms with Crippen molar-refractivity contribution < 1.29 is 4.79 Å². The van der Waals surface area contributed by atoms with Crippen LogP contribution in [0, 0.1) is 0 Å².